The van der Waals surface area contributed by atoms with Gasteiger partial charge in [-0.1, -0.05) is 6.07 Å². The fraction of sp³-hybridized carbons (Fsp3) is 0.500. The number of carboxylic acids is 1. The zero-order valence-electron chi connectivity index (χ0n) is 10.2. The SMILES string of the molecule is O=C(CSCc1cccs1)NC1COCC1C(=O)O. The fourth-order valence-corrected chi connectivity index (χ4v) is 3.51. The molecule has 1 aliphatic heterocycles. The first-order chi connectivity index (χ1) is 9.16. The number of hydrogen-bond acceptors (Lipinski definition) is 5. The maximum absolute atomic E-state index is 11.7. The van der Waals surface area contributed by atoms with Gasteiger partial charge in [-0.25, -0.2) is 0 Å². The van der Waals surface area contributed by atoms with Crippen LogP contribution >= 0.6 is 23.1 Å². The van der Waals surface area contributed by atoms with E-state index in [0.717, 1.165) is 5.75 Å². The molecule has 2 heterocycles. The standard InChI is InChI=1S/C12H15NO4S2/c14-11(7-18-6-8-2-1-3-19-8)13-10-5-17-4-9(10)12(15)16/h1-3,9-10H,4-7H2,(H,13,14)(H,15,16). The molecule has 1 aromatic heterocycles. The molecule has 0 saturated carbocycles. The average molecular weight is 301 g/mol. The fourth-order valence-electron chi connectivity index (χ4n) is 1.83. The number of carbonyl (C=O) groups excluding carboxylic acids is 1. The molecule has 7 heteroatoms. The Morgan fingerprint density at radius 2 is 2.37 bits per heavy atom. The number of hydrogen-bond donors (Lipinski definition) is 2. The number of amides is 1. The Morgan fingerprint density at radius 1 is 1.53 bits per heavy atom. The molecule has 104 valence electrons. The van der Waals surface area contributed by atoms with Crippen molar-refractivity contribution < 1.29 is 19.4 Å². The second-order valence-corrected chi connectivity index (χ2v) is 6.25. The summed E-state index contributed by atoms with van der Waals surface area (Å²) in [5.41, 5.74) is 0. The lowest BCUT2D eigenvalue weighted by molar-refractivity contribution is -0.142. The lowest BCUT2D eigenvalue weighted by atomic mass is 10.0. The number of ether oxygens (including phenoxy) is 1. The van der Waals surface area contributed by atoms with Crippen LogP contribution in [0.5, 0.6) is 0 Å². The van der Waals surface area contributed by atoms with Crippen molar-refractivity contribution >= 4 is 35.0 Å². The molecule has 1 saturated heterocycles. The van der Waals surface area contributed by atoms with E-state index < -0.39 is 17.9 Å². The number of carbonyl (C=O) groups is 2. The van der Waals surface area contributed by atoms with Gasteiger partial charge < -0.3 is 15.2 Å². The van der Waals surface area contributed by atoms with Crippen molar-refractivity contribution in [2.45, 2.75) is 11.8 Å². The third-order valence-electron chi connectivity index (χ3n) is 2.80. The van der Waals surface area contributed by atoms with Crippen molar-refractivity contribution in [1.82, 2.24) is 5.32 Å². The molecule has 2 N–H and O–H groups in total. The third-order valence-corrected chi connectivity index (χ3v) is 4.84. The van der Waals surface area contributed by atoms with Gasteiger partial charge in [0.1, 0.15) is 5.92 Å². The summed E-state index contributed by atoms with van der Waals surface area (Å²) >= 11 is 3.18. The van der Waals surface area contributed by atoms with Crippen molar-refractivity contribution in [2.75, 3.05) is 19.0 Å². The molecule has 2 unspecified atom stereocenters. The van der Waals surface area contributed by atoms with Crippen LogP contribution in [0.1, 0.15) is 4.88 Å². The van der Waals surface area contributed by atoms with Crippen LogP contribution in [0.2, 0.25) is 0 Å². The Morgan fingerprint density at radius 3 is 3.05 bits per heavy atom. The molecule has 0 spiro atoms. The van der Waals surface area contributed by atoms with Gasteiger partial charge >= 0.3 is 5.97 Å². The van der Waals surface area contributed by atoms with Crippen LogP contribution in [0.4, 0.5) is 0 Å². The molecular weight excluding hydrogens is 286 g/mol. The second-order valence-electron chi connectivity index (χ2n) is 4.23. The van der Waals surface area contributed by atoms with Crippen LogP contribution < -0.4 is 5.32 Å². The van der Waals surface area contributed by atoms with Gasteiger partial charge in [-0.2, -0.15) is 0 Å². The summed E-state index contributed by atoms with van der Waals surface area (Å²) in [5.74, 6) is -0.557. The van der Waals surface area contributed by atoms with Gasteiger partial charge in [0.05, 0.1) is 25.0 Å². The smallest absolute Gasteiger partial charge is 0.311 e. The van der Waals surface area contributed by atoms with Gasteiger partial charge in [0, 0.05) is 10.6 Å². The molecule has 2 rings (SSSR count). The number of thioether (sulfide) groups is 1. The van der Waals surface area contributed by atoms with E-state index in [0.29, 0.717) is 5.75 Å². The van der Waals surface area contributed by atoms with Crippen molar-refractivity contribution in [3.63, 3.8) is 0 Å². The predicted molar refractivity (Wildman–Crippen MR) is 74.4 cm³/mol. The molecule has 19 heavy (non-hydrogen) atoms. The zero-order valence-corrected chi connectivity index (χ0v) is 11.8. The van der Waals surface area contributed by atoms with E-state index in [-0.39, 0.29) is 19.1 Å². The van der Waals surface area contributed by atoms with E-state index in [4.69, 9.17) is 9.84 Å². The average Bonchev–Trinajstić information content (AvgIpc) is 2.99. The van der Waals surface area contributed by atoms with E-state index in [2.05, 4.69) is 5.32 Å². The molecule has 0 bridgehead atoms. The number of carboxylic acid groups (broad SMARTS) is 1. The van der Waals surface area contributed by atoms with Gasteiger partial charge in [0.15, 0.2) is 0 Å². The molecule has 1 fully saturated rings. The Hall–Kier alpha value is -1.05. The molecule has 1 aliphatic rings. The van der Waals surface area contributed by atoms with E-state index in [1.165, 1.54) is 16.6 Å². The highest BCUT2D eigenvalue weighted by atomic mass is 32.2. The minimum atomic E-state index is -0.922. The summed E-state index contributed by atoms with van der Waals surface area (Å²) in [6.45, 7) is 0.445. The first-order valence-corrected chi connectivity index (χ1v) is 7.90. The third kappa shape index (κ3) is 4.22. The Bertz CT molecular complexity index is 435. The van der Waals surface area contributed by atoms with Crippen molar-refractivity contribution in [3.05, 3.63) is 22.4 Å². The number of rotatable bonds is 6. The van der Waals surface area contributed by atoms with Crippen LogP contribution in [-0.4, -0.2) is 42.0 Å². The van der Waals surface area contributed by atoms with Crippen LogP contribution in [0, 0.1) is 5.92 Å². The van der Waals surface area contributed by atoms with Crippen LogP contribution in [0.25, 0.3) is 0 Å². The molecule has 1 amide bonds. The molecule has 0 radical (unpaired) electrons. The number of thiophene rings is 1. The Labute approximate surface area is 119 Å². The van der Waals surface area contributed by atoms with Gasteiger partial charge in [0.25, 0.3) is 0 Å². The van der Waals surface area contributed by atoms with E-state index in [1.807, 2.05) is 17.5 Å². The lowest BCUT2D eigenvalue weighted by Gasteiger charge is -2.15. The molecule has 2 atom stereocenters. The van der Waals surface area contributed by atoms with Crippen LogP contribution in [0.15, 0.2) is 17.5 Å². The minimum absolute atomic E-state index is 0.136. The summed E-state index contributed by atoms with van der Waals surface area (Å²) in [5, 5.41) is 13.7. The number of aliphatic carboxylic acids is 1. The number of nitrogens with one attached hydrogen (secondary N) is 1. The van der Waals surface area contributed by atoms with Gasteiger partial charge in [-0.15, -0.1) is 23.1 Å². The van der Waals surface area contributed by atoms with E-state index >= 15 is 0 Å². The predicted octanol–water partition coefficient (Wildman–Crippen LogP) is 1.20. The summed E-state index contributed by atoms with van der Waals surface area (Å²) < 4.78 is 5.09. The molecular formula is C12H15NO4S2. The maximum Gasteiger partial charge on any atom is 0.311 e. The highest BCUT2D eigenvalue weighted by Crippen LogP contribution is 2.17. The van der Waals surface area contributed by atoms with Crippen LogP contribution in [0.3, 0.4) is 0 Å². The first-order valence-electron chi connectivity index (χ1n) is 5.87. The van der Waals surface area contributed by atoms with Crippen LogP contribution in [-0.2, 0) is 20.1 Å². The van der Waals surface area contributed by atoms with Gasteiger partial charge in [-0.05, 0) is 11.4 Å². The first kappa shape index (κ1) is 14.4. The van der Waals surface area contributed by atoms with Crippen molar-refractivity contribution in [3.8, 4) is 0 Å². The summed E-state index contributed by atoms with van der Waals surface area (Å²) in [6.07, 6.45) is 0. The summed E-state index contributed by atoms with van der Waals surface area (Å²) in [6, 6.07) is 3.60. The highest BCUT2D eigenvalue weighted by Gasteiger charge is 2.34. The molecule has 0 aliphatic carbocycles. The topological polar surface area (TPSA) is 75.6 Å². The summed E-state index contributed by atoms with van der Waals surface area (Å²) in [4.78, 5) is 23.9. The zero-order chi connectivity index (χ0) is 13.7. The second kappa shape index (κ2) is 6.93. The summed E-state index contributed by atoms with van der Waals surface area (Å²) in [7, 11) is 0. The van der Waals surface area contributed by atoms with Crippen molar-refractivity contribution in [2.24, 2.45) is 5.92 Å². The van der Waals surface area contributed by atoms with Crippen molar-refractivity contribution in [1.29, 1.82) is 0 Å². The quantitative estimate of drug-likeness (QED) is 0.825. The van der Waals surface area contributed by atoms with Gasteiger partial charge in [0.2, 0.25) is 5.91 Å². The maximum atomic E-state index is 11.7. The van der Waals surface area contributed by atoms with E-state index in [1.54, 1.807) is 11.3 Å². The normalized spacial score (nSPS) is 22.3. The molecule has 0 aromatic carbocycles. The lowest BCUT2D eigenvalue weighted by Crippen LogP contribution is -2.43. The largest absolute Gasteiger partial charge is 0.481 e. The molecule has 1 aromatic rings. The Kier molecular flexibility index (Phi) is 5.24. The minimum Gasteiger partial charge on any atom is -0.481 e. The Balaban J connectivity index is 1.70. The van der Waals surface area contributed by atoms with E-state index in [9.17, 15) is 9.59 Å². The molecule has 5 nitrogen and oxygen atoms in total. The monoisotopic (exact) mass is 301 g/mol. The highest BCUT2D eigenvalue weighted by molar-refractivity contribution is 7.99. The van der Waals surface area contributed by atoms with Gasteiger partial charge in [-0.3, -0.25) is 9.59 Å².